The van der Waals surface area contributed by atoms with E-state index in [1.165, 1.54) is 0 Å². The predicted octanol–water partition coefficient (Wildman–Crippen LogP) is 2.91. The van der Waals surface area contributed by atoms with E-state index in [2.05, 4.69) is 5.32 Å². The zero-order valence-electron chi connectivity index (χ0n) is 12.0. The first-order valence-corrected chi connectivity index (χ1v) is 7.68. The van der Waals surface area contributed by atoms with Crippen molar-refractivity contribution in [3.05, 3.63) is 34.9 Å². The molecule has 2 rings (SSSR count). The average molecular weight is 295 g/mol. The highest BCUT2D eigenvalue weighted by Gasteiger charge is 2.37. The van der Waals surface area contributed by atoms with Crippen molar-refractivity contribution in [1.82, 2.24) is 5.32 Å². The molecule has 1 aliphatic rings. The smallest absolute Gasteiger partial charge is 0.224 e. The first kappa shape index (κ1) is 15.3. The zero-order chi connectivity index (χ0) is 14.6. The van der Waals surface area contributed by atoms with Crippen molar-refractivity contribution in [2.75, 3.05) is 6.54 Å². The van der Waals surface area contributed by atoms with Gasteiger partial charge < -0.3 is 11.1 Å². The van der Waals surface area contributed by atoms with Crippen LogP contribution in [-0.4, -0.2) is 18.0 Å². The molecule has 0 radical (unpaired) electrons. The average Bonchev–Trinajstić information content (AvgIpc) is 2.38. The summed E-state index contributed by atoms with van der Waals surface area (Å²) in [5.41, 5.74) is 7.02. The van der Waals surface area contributed by atoms with Crippen LogP contribution in [0.15, 0.2) is 24.3 Å². The van der Waals surface area contributed by atoms with Crippen LogP contribution in [0.5, 0.6) is 0 Å². The van der Waals surface area contributed by atoms with E-state index < -0.39 is 0 Å². The van der Waals surface area contributed by atoms with Gasteiger partial charge in [0.05, 0.1) is 5.92 Å². The Kier molecular flexibility index (Phi) is 5.06. The lowest BCUT2D eigenvalue weighted by Crippen LogP contribution is -2.53. The number of carbonyl (C=O) groups excluding carboxylic acids is 1. The zero-order valence-corrected chi connectivity index (χ0v) is 12.7. The molecule has 1 amide bonds. The lowest BCUT2D eigenvalue weighted by molar-refractivity contribution is -0.128. The second kappa shape index (κ2) is 6.59. The van der Waals surface area contributed by atoms with Crippen molar-refractivity contribution in [3.8, 4) is 0 Å². The summed E-state index contributed by atoms with van der Waals surface area (Å²) < 4.78 is 0. The van der Waals surface area contributed by atoms with Gasteiger partial charge in [0.15, 0.2) is 0 Å². The number of amides is 1. The summed E-state index contributed by atoms with van der Waals surface area (Å²) in [6, 6.07) is 7.73. The Balaban J connectivity index is 1.83. The molecule has 3 nitrogen and oxygen atoms in total. The van der Waals surface area contributed by atoms with Crippen LogP contribution in [0.4, 0.5) is 0 Å². The maximum Gasteiger partial charge on any atom is 0.224 e. The molecule has 1 saturated carbocycles. The Bertz CT molecular complexity index is 473. The van der Waals surface area contributed by atoms with E-state index in [4.69, 9.17) is 17.3 Å². The SMILES string of the molecule is CC1(N)CCCCC1C(=O)NCCc1cccc(Cl)c1. The third-order valence-electron chi connectivity index (χ3n) is 4.17. The number of benzene rings is 1. The van der Waals surface area contributed by atoms with Gasteiger partial charge in [-0.25, -0.2) is 0 Å². The van der Waals surface area contributed by atoms with Crippen molar-refractivity contribution in [2.24, 2.45) is 11.7 Å². The van der Waals surface area contributed by atoms with Gasteiger partial charge in [-0.15, -0.1) is 0 Å². The summed E-state index contributed by atoms with van der Waals surface area (Å²) in [6.45, 7) is 2.62. The fourth-order valence-electron chi connectivity index (χ4n) is 2.93. The van der Waals surface area contributed by atoms with Gasteiger partial charge in [-0.2, -0.15) is 0 Å². The number of hydrogen-bond donors (Lipinski definition) is 2. The number of carbonyl (C=O) groups is 1. The predicted molar refractivity (Wildman–Crippen MR) is 82.7 cm³/mol. The molecule has 1 aromatic rings. The van der Waals surface area contributed by atoms with Gasteiger partial charge in [-0.3, -0.25) is 4.79 Å². The van der Waals surface area contributed by atoms with E-state index in [1.54, 1.807) is 0 Å². The van der Waals surface area contributed by atoms with Crippen molar-refractivity contribution in [2.45, 2.75) is 44.6 Å². The Morgan fingerprint density at radius 1 is 1.50 bits per heavy atom. The van der Waals surface area contributed by atoms with E-state index >= 15 is 0 Å². The summed E-state index contributed by atoms with van der Waals surface area (Å²) in [6.07, 6.45) is 4.84. The second-order valence-corrected chi connectivity index (χ2v) is 6.41. The molecule has 0 bridgehead atoms. The van der Waals surface area contributed by atoms with Gasteiger partial charge >= 0.3 is 0 Å². The highest BCUT2D eigenvalue weighted by molar-refractivity contribution is 6.30. The molecule has 110 valence electrons. The van der Waals surface area contributed by atoms with Crippen molar-refractivity contribution >= 4 is 17.5 Å². The number of rotatable bonds is 4. The maximum absolute atomic E-state index is 12.3. The Hall–Kier alpha value is -1.06. The summed E-state index contributed by atoms with van der Waals surface area (Å²) >= 11 is 5.94. The van der Waals surface area contributed by atoms with Crippen LogP contribution in [0.2, 0.25) is 5.02 Å². The Morgan fingerprint density at radius 2 is 2.30 bits per heavy atom. The maximum atomic E-state index is 12.3. The molecule has 2 unspecified atom stereocenters. The molecule has 4 heteroatoms. The summed E-state index contributed by atoms with van der Waals surface area (Å²) in [7, 11) is 0. The molecular formula is C16H23ClN2O. The minimum absolute atomic E-state index is 0.0596. The monoisotopic (exact) mass is 294 g/mol. The number of nitrogens with one attached hydrogen (secondary N) is 1. The van der Waals surface area contributed by atoms with E-state index in [0.717, 1.165) is 42.7 Å². The van der Waals surface area contributed by atoms with Crippen LogP contribution in [0.3, 0.4) is 0 Å². The van der Waals surface area contributed by atoms with Gasteiger partial charge in [-0.1, -0.05) is 36.6 Å². The molecule has 0 saturated heterocycles. The fraction of sp³-hybridized carbons (Fsp3) is 0.562. The number of halogens is 1. The van der Waals surface area contributed by atoms with Crippen molar-refractivity contribution in [3.63, 3.8) is 0 Å². The quantitative estimate of drug-likeness (QED) is 0.897. The number of hydrogen-bond acceptors (Lipinski definition) is 2. The van der Waals surface area contributed by atoms with Gasteiger partial charge in [0.25, 0.3) is 0 Å². The molecule has 0 spiro atoms. The molecule has 2 atom stereocenters. The summed E-state index contributed by atoms with van der Waals surface area (Å²) in [5, 5.41) is 3.75. The molecule has 0 aliphatic heterocycles. The summed E-state index contributed by atoms with van der Waals surface area (Å²) in [5.74, 6) is 0.0346. The van der Waals surface area contributed by atoms with Gasteiger partial charge in [-0.05, 0) is 43.9 Å². The number of nitrogens with two attached hydrogens (primary N) is 1. The van der Waals surface area contributed by atoms with E-state index in [1.807, 2.05) is 31.2 Å². The molecule has 1 fully saturated rings. The van der Waals surface area contributed by atoms with E-state index in [-0.39, 0.29) is 17.4 Å². The van der Waals surface area contributed by atoms with Crippen molar-refractivity contribution in [1.29, 1.82) is 0 Å². The van der Waals surface area contributed by atoms with Crippen LogP contribution in [-0.2, 0) is 11.2 Å². The standard InChI is InChI=1S/C16H23ClN2O/c1-16(18)9-3-2-7-14(16)15(20)19-10-8-12-5-4-6-13(17)11-12/h4-6,11,14H,2-3,7-10,18H2,1H3,(H,19,20). The third kappa shape index (κ3) is 3.97. The molecule has 1 aromatic carbocycles. The highest BCUT2D eigenvalue weighted by atomic mass is 35.5. The van der Waals surface area contributed by atoms with Crippen molar-refractivity contribution < 1.29 is 4.79 Å². The van der Waals surface area contributed by atoms with Gasteiger partial charge in [0.1, 0.15) is 0 Å². The first-order chi connectivity index (χ1) is 9.49. The molecule has 3 N–H and O–H groups in total. The molecule has 1 aliphatic carbocycles. The topological polar surface area (TPSA) is 55.1 Å². The molecular weight excluding hydrogens is 272 g/mol. The minimum Gasteiger partial charge on any atom is -0.355 e. The van der Waals surface area contributed by atoms with Crippen LogP contribution in [0, 0.1) is 5.92 Å². The normalized spacial score (nSPS) is 26.2. The summed E-state index contributed by atoms with van der Waals surface area (Å²) in [4.78, 5) is 12.3. The lowest BCUT2D eigenvalue weighted by Gasteiger charge is -2.37. The first-order valence-electron chi connectivity index (χ1n) is 7.30. The van der Waals surface area contributed by atoms with Gasteiger partial charge in [0, 0.05) is 17.1 Å². The molecule has 20 heavy (non-hydrogen) atoms. The lowest BCUT2D eigenvalue weighted by atomic mass is 9.74. The van der Waals surface area contributed by atoms with Crippen LogP contribution in [0.1, 0.15) is 38.2 Å². The molecule has 0 aromatic heterocycles. The minimum atomic E-state index is -0.363. The van der Waals surface area contributed by atoms with Crippen LogP contribution >= 0.6 is 11.6 Å². The fourth-order valence-corrected chi connectivity index (χ4v) is 3.15. The van der Waals surface area contributed by atoms with Crippen LogP contribution in [0.25, 0.3) is 0 Å². The van der Waals surface area contributed by atoms with Gasteiger partial charge in [0.2, 0.25) is 5.91 Å². The van der Waals surface area contributed by atoms with E-state index in [9.17, 15) is 4.79 Å². The largest absolute Gasteiger partial charge is 0.355 e. The highest BCUT2D eigenvalue weighted by Crippen LogP contribution is 2.31. The van der Waals surface area contributed by atoms with Crippen LogP contribution < -0.4 is 11.1 Å². The Labute approximate surface area is 125 Å². The van der Waals surface area contributed by atoms with E-state index in [0.29, 0.717) is 6.54 Å². The second-order valence-electron chi connectivity index (χ2n) is 5.98. The third-order valence-corrected chi connectivity index (χ3v) is 4.41. The Morgan fingerprint density at radius 3 is 3.00 bits per heavy atom. The molecule has 0 heterocycles.